The summed E-state index contributed by atoms with van der Waals surface area (Å²) in [5, 5.41) is 0. The Morgan fingerprint density at radius 2 is 0.639 bits per heavy atom. The van der Waals surface area contributed by atoms with Crippen molar-refractivity contribution in [1.29, 1.82) is 0 Å². The van der Waals surface area contributed by atoms with Gasteiger partial charge in [-0.1, -0.05) is 217 Å². The zero-order valence-electron chi connectivity index (χ0n) is 40.4. The molecule has 0 amide bonds. The largest absolute Gasteiger partial charge is 0.462 e. The third-order valence-corrected chi connectivity index (χ3v) is 11.3. The lowest BCUT2D eigenvalue weighted by Crippen LogP contribution is -2.30. The average molecular weight is 855 g/mol. The molecule has 0 N–H and O–H groups in total. The Hall–Kier alpha value is -2.63. The molecule has 354 valence electrons. The van der Waals surface area contributed by atoms with Crippen molar-refractivity contribution < 1.29 is 28.6 Å². The van der Waals surface area contributed by atoms with E-state index in [1.54, 1.807) is 0 Å². The normalized spacial score (nSPS) is 12.4. The standard InChI is InChI=1S/C55H98O6/c1-4-7-10-13-16-19-22-24-26-27-28-29-30-32-33-36-39-42-45-48-54(57)60-51-52(50-59-53(56)47-44-41-38-35-21-18-15-12-9-6-3)61-55(58)49-46-43-40-37-34-31-25-23-20-17-14-11-8-5-2/h7,10,16,19,24,26,31,34,52H,4-6,8-9,11-15,17-18,20-23,25,27-30,32-33,35-51H2,1-3H3/b10-7-,19-16-,26-24-,34-31-. The number of hydrogen-bond acceptors (Lipinski definition) is 6. The molecule has 0 fully saturated rings. The first-order chi connectivity index (χ1) is 30.0. The second-order valence-electron chi connectivity index (χ2n) is 17.4. The van der Waals surface area contributed by atoms with Crippen LogP contribution in [0.25, 0.3) is 0 Å². The summed E-state index contributed by atoms with van der Waals surface area (Å²) in [6.07, 6.45) is 59.5. The topological polar surface area (TPSA) is 78.9 Å². The van der Waals surface area contributed by atoms with Crippen LogP contribution in [0.4, 0.5) is 0 Å². The molecule has 0 saturated carbocycles. The van der Waals surface area contributed by atoms with Gasteiger partial charge in [0.2, 0.25) is 0 Å². The van der Waals surface area contributed by atoms with Gasteiger partial charge < -0.3 is 14.2 Å². The Kier molecular flexibility index (Phi) is 47.9. The Morgan fingerprint density at radius 1 is 0.344 bits per heavy atom. The van der Waals surface area contributed by atoms with E-state index in [1.807, 2.05) is 0 Å². The summed E-state index contributed by atoms with van der Waals surface area (Å²) in [5.41, 5.74) is 0. The van der Waals surface area contributed by atoms with E-state index < -0.39 is 6.10 Å². The van der Waals surface area contributed by atoms with E-state index >= 15 is 0 Å². The molecule has 61 heavy (non-hydrogen) atoms. The maximum absolute atomic E-state index is 12.8. The molecular weight excluding hydrogens is 757 g/mol. The van der Waals surface area contributed by atoms with Crippen LogP contribution < -0.4 is 0 Å². The van der Waals surface area contributed by atoms with Crippen LogP contribution in [0.2, 0.25) is 0 Å². The van der Waals surface area contributed by atoms with E-state index in [2.05, 4.69) is 69.4 Å². The van der Waals surface area contributed by atoms with Gasteiger partial charge in [-0.15, -0.1) is 0 Å². The maximum atomic E-state index is 12.8. The first-order valence-electron chi connectivity index (χ1n) is 26.1. The van der Waals surface area contributed by atoms with Gasteiger partial charge in [-0.25, -0.2) is 0 Å². The fraction of sp³-hybridized carbons (Fsp3) is 0.800. The Bertz CT molecular complexity index is 1070. The number of hydrogen-bond donors (Lipinski definition) is 0. The van der Waals surface area contributed by atoms with Crippen LogP contribution in [0.15, 0.2) is 48.6 Å². The molecule has 0 radical (unpaired) electrons. The van der Waals surface area contributed by atoms with Crippen molar-refractivity contribution in [3.63, 3.8) is 0 Å². The quantitative estimate of drug-likeness (QED) is 0.0263. The van der Waals surface area contributed by atoms with Crippen molar-refractivity contribution in [2.24, 2.45) is 0 Å². The van der Waals surface area contributed by atoms with E-state index in [0.717, 1.165) is 89.9 Å². The number of esters is 3. The van der Waals surface area contributed by atoms with Crippen LogP contribution in [0.3, 0.4) is 0 Å². The monoisotopic (exact) mass is 855 g/mol. The van der Waals surface area contributed by atoms with E-state index in [9.17, 15) is 14.4 Å². The third-order valence-electron chi connectivity index (χ3n) is 11.3. The highest BCUT2D eigenvalue weighted by Crippen LogP contribution is 2.15. The minimum absolute atomic E-state index is 0.0785. The third kappa shape index (κ3) is 48.3. The van der Waals surface area contributed by atoms with Gasteiger partial charge >= 0.3 is 17.9 Å². The molecule has 0 spiro atoms. The first-order valence-corrected chi connectivity index (χ1v) is 26.1. The molecule has 0 aromatic carbocycles. The predicted molar refractivity (Wildman–Crippen MR) is 261 cm³/mol. The van der Waals surface area contributed by atoms with E-state index in [4.69, 9.17) is 14.2 Å². The van der Waals surface area contributed by atoms with Gasteiger partial charge in [0.15, 0.2) is 6.10 Å². The fourth-order valence-corrected chi connectivity index (χ4v) is 7.39. The molecule has 1 atom stereocenters. The van der Waals surface area contributed by atoms with Crippen molar-refractivity contribution in [2.75, 3.05) is 13.2 Å². The van der Waals surface area contributed by atoms with Crippen molar-refractivity contribution in [1.82, 2.24) is 0 Å². The first kappa shape index (κ1) is 58.4. The summed E-state index contributed by atoms with van der Waals surface area (Å²) in [4.78, 5) is 37.9. The van der Waals surface area contributed by atoms with Crippen LogP contribution in [0.1, 0.15) is 265 Å². The lowest BCUT2D eigenvalue weighted by molar-refractivity contribution is -0.167. The average Bonchev–Trinajstić information content (AvgIpc) is 3.26. The van der Waals surface area contributed by atoms with Crippen LogP contribution >= 0.6 is 0 Å². The summed E-state index contributed by atoms with van der Waals surface area (Å²) < 4.78 is 16.8. The zero-order valence-corrected chi connectivity index (χ0v) is 40.4. The molecule has 0 rings (SSSR count). The molecule has 0 aromatic rings. The summed E-state index contributed by atoms with van der Waals surface area (Å²) >= 11 is 0. The van der Waals surface area contributed by atoms with Crippen molar-refractivity contribution in [3.05, 3.63) is 48.6 Å². The molecule has 0 heterocycles. The van der Waals surface area contributed by atoms with Crippen molar-refractivity contribution in [2.45, 2.75) is 271 Å². The lowest BCUT2D eigenvalue weighted by atomic mass is 10.1. The number of ether oxygens (including phenoxy) is 3. The van der Waals surface area contributed by atoms with E-state index in [1.165, 1.54) is 135 Å². The molecule has 6 nitrogen and oxygen atoms in total. The maximum Gasteiger partial charge on any atom is 0.306 e. The van der Waals surface area contributed by atoms with Gasteiger partial charge in [0.1, 0.15) is 13.2 Å². The number of unbranched alkanes of at least 4 members (excludes halogenated alkanes) is 28. The molecule has 0 aliphatic carbocycles. The van der Waals surface area contributed by atoms with Gasteiger partial charge in [-0.2, -0.15) is 0 Å². The van der Waals surface area contributed by atoms with Crippen LogP contribution in [-0.2, 0) is 28.6 Å². The molecule has 0 aliphatic rings. The van der Waals surface area contributed by atoms with Crippen molar-refractivity contribution >= 4 is 17.9 Å². The SMILES string of the molecule is CC/C=C\C/C=C\C/C=C\CCCCCCCCCCCC(=O)OCC(COC(=O)CCCCCCCCCCCC)OC(=O)CCCCC/C=C\CCCCCCCCC. The van der Waals surface area contributed by atoms with E-state index in [-0.39, 0.29) is 31.1 Å². The minimum Gasteiger partial charge on any atom is -0.462 e. The smallest absolute Gasteiger partial charge is 0.306 e. The molecule has 6 heteroatoms. The molecule has 1 unspecified atom stereocenters. The van der Waals surface area contributed by atoms with Gasteiger partial charge in [0.05, 0.1) is 0 Å². The summed E-state index contributed by atoms with van der Waals surface area (Å²) in [5.74, 6) is -0.894. The van der Waals surface area contributed by atoms with Gasteiger partial charge in [0, 0.05) is 19.3 Å². The van der Waals surface area contributed by atoms with Gasteiger partial charge in [-0.3, -0.25) is 14.4 Å². The minimum atomic E-state index is -0.779. The molecule has 0 saturated heterocycles. The highest BCUT2D eigenvalue weighted by atomic mass is 16.6. The van der Waals surface area contributed by atoms with Gasteiger partial charge in [0.25, 0.3) is 0 Å². The lowest BCUT2D eigenvalue weighted by Gasteiger charge is -2.18. The highest BCUT2D eigenvalue weighted by molar-refractivity contribution is 5.71. The number of carbonyl (C=O) groups excluding carboxylic acids is 3. The Morgan fingerprint density at radius 3 is 1.03 bits per heavy atom. The van der Waals surface area contributed by atoms with Crippen LogP contribution in [-0.4, -0.2) is 37.2 Å². The zero-order chi connectivity index (χ0) is 44.4. The summed E-state index contributed by atoms with van der Waals surface area (Å²) in [6, 6.07) is 0. The second kappa shape index (κ2) is 50.0. The second-order valence-corrected chi connectivity index (χ2v) is 17.4. The number of carbonyl (C=O) groups is 3. The molecule has 0 aromatic heterocycles. The fourth-order valence-electron chi connectivity index (χ4n) is 7.39. The van der Waals surface area contributed by atoms with Crippen molar-refractivity contribution in [3.8, 4) is 0 Å². The van der Waals surface area contributed by atoms with E-state index in [0.29, 0.717) is 19.3 Å². The Labute approximate surface area is 378 Å². The number of allylic oxidation sites excluding steroid dienone is 8. The summed E-state index contributed by atoms with van der Waals surface area (Å²) in [6.45, 7) is 6.51. The molecular formula is C55H98O6. The van der Waals surface area contributed by atoms with Crippen LogP contribution in [0.5, 0.6) is 0 Å². The Balaban J connectivity index is 4.32. The number of rotatable bonds is 47. The van der Waals surface area contributed by atoms with Crippen LogP contribution in [0, 0.1) is 0 Å². The predicted octanol–water partition coefficient (Wildman–Crippen LogP) is 17.1. The highest BCUT2D eigenvalue weighted by Gasteiger charge is 2.19. The summed E-state index contributed by atoms with van der Waals surface area (Å²) in [7, 11) is 0. The molecule has 0 aliphatic heterocycles. The molecule has 0 bridgehead atoms. The van der Waals surface area contributed by atoms with Gasteiger partial charge in [-0.05, 0) is 77.0 Å².